The summed E-state index contributed by atoms with van der Waals surface area (Å²) in [6.07, 6.45) is 8.03. The number of aromatic nitrogens is 2. The summed E-state index contributed by atoms with van der Waals surface area (Å²) in [6, 6.07) is 90.5. The summed E-state index contributed by atoms with van der Waals surface area (Å²) in [6.45, 7) is 47.3. The summed E-state index contributed by atoms with van der Waals surface area (Å²) >= 11 is 3.41. The van der Waals surface area contributed by atoms with Crippen molar-refractivity contribution in [2.24, 2.45) is 21.7 Å². The van der Waals surface area contributed by atoms with E-state index in [0.29, 0.717) is 0 Å². The Labute approximate surface area is 651 Å². The van der Waals surface area contributed by atoms with Crippen molar-refractivity contribution in [1.82, 2.24) is 9.97 Å². The van der Waals surface area contributed by atoms with Crippen molar-refractivity contribution in [2.45, 2.75) is 193 Å². The van der Waals surface area contributed by atoms with Gasteiger partial charge in [0.15, 0.2) is 0 Å². The fourth-order valence-corrected chi connectivity index (χ4v) is 16.3. The number of pyridine rings is 2. The van der Waals surface area contributed by atoms with E-state index in [1.54, 1.807) is 6.20 Å². The summed E-state index contributed by atoms with van der Waals surface area (Å²) in [4.78, 5) is 9.01. The quantitative estimate of drug-likeness (QED) is 0.0849. The number of hydrogen-bond acceptors (Lipinski definition) is 2. The topological polar surface area (TPSA) is 25.8 Å². The van der Waals surface area contributed by atoms with Gasteiger partial charge in [-0.15, -0.1) is 65.2 Å². The Hall–Kier alpha value is -6.94. The Morgan fingerprint density at radius 2 is 0.500 bits per heavy atom. The zero-order valence-corrected chi connectivity index (χ0v) is 70.2. The maximum atomic E-state index is 4.77. The summed E-state index contributed by atoms with van der Waals surface area (Å²) in [7, 11) is 0. The Bertz CT molecular complexity index is 4140. The number of hydrogen-bond donors (Lipinski definition) is 0. The fourth-order valence-electron chi connectivity index (χ4n) is 16.0. The first kappa shape index (κ1) is 82.3. The van der Waals surface area contributed by atoms with Gasteiger partial charge in [0.05, 0.1) is 0 Å². The number of halogens is 1. The second-order valence-electron chi connectivity index (χ2n) is 35.5. The Kier molecular flexibility index (Phi) is 26.7. The van der Waals surface area contributed by atoms with Crippen LogP contribution in [0.15, 0.2) is 241 Å². The first-order valence-corrected chi connectivity index (χ1v) is 36.6. The molecular formula is C97H111BrIr2N2-2. The predicted octanol–water partition coefficient (Wildman–Crippen LogP) is 29.0. The SMILES string of the molecule is Brc1cc[c-]c(-c2ccccn2)c1.C.CC(C)(C)CC(C)(C)c1ccc(-c2cc(-c3ccc(C(C)(C)CC(C)(C)C)cc3)cc(-c3cc(-c4cc[c-]c(-c5ccccn5)c4)cc(-c4cc(-c5ccc(C(C)(C)CC(C)(C)C)cc5)cc(-c5ccc(C(C)(C)CC(C)(C)C)cc5)c4)c3)c2)cc1.[Ir].[Ir]. The molecule has 0 aliphatic heterocycles. The van der Waals surface area contributed by atoms with Gasteiger partial charge in [0.2, 0.25) is 0 Å². The maximum Gasteiger partial charge on any atom is 0.0160 e. The molecule has 0 aliphatic rings. The summed E-state index contributed by atoms with van der Waals surface area (Å²) in [5.41, 5.74) is 26.8. The van der Waals surface area contributed by atoms with Crippen LogP contribution in [0.3, 0.4) is 0 Å². The van der Waals surface area contributed by atoms with Gasteiger partial charge in [0, 0.05) is 52.6 Å². The van der Waals surface area contributed by atoms with E-state index in [0.717, 1.165) is 74.9 Å². The van der Waals surface area contributed by atoms with Crippen LogP contribution in [0.1, 0.15) is 194 Å². The van der Waals surface area contributed by atoms with Crippen molar-refractivity contribution in [1.29, 1.82) is 0 Å². The molecule has 0 spiro atoms. The van der Waals surface area contributed by atoms with E-state index >= 15 is 0 Å². The standard InChI is InChI=1S/C85H100N.C11H7BrN.CH4.2Ir/c1-78(2,3)54-82(13,14)73-35-27-58(28-36-73)64-45-65(59-29-37-74(38-30-59)83(15,16)55-79(4,5)6)48-69(47-64)71-51-68(62-24-23-25-63(44-62)77-26-21-22-43-86-77)52-72(53-71)70-49-66(60-31-39-75(40-32-60)84(17,18)56-80(7,8)9)46-67(50-70)61-33-41-76(42-34-61)85(19,20)57-81(10,11)12;12-10-5-3-4-9(8-10)11-6-1-2-7-13-11;;;/h21-24,26-53H,54-57H2,1-20H3;1-3,5-8H;1H4;;/q2*-1;;;. The predicted molar refractivity (Wildman–Crippen MR) is 438 cm³/mol. The van der Waals surface area contributed by atoms with Gasteiger partial charge in [0.1, 0.15) is 0 Å². The Balaban J connectivity index is 0.000000814. The molecule has 2 aromatic heterocycles. The molecule has 0 aliphatic carbocycles. The minimum absolute atomic E-state index is 0. The van der Waals surface area contributed by atoms with Gasteiger partial charge < -0.3 is 9.97 Å². The van der Waals surface area contributed by atoms with Gasteiger partial charge >= 0.3 is 0 Å². The molecule has 0 N–H and O–H groups in total. The van der Waals surface area contributed by atoms with Gasteiger partial charge in [-0.2, -0.15) is 0 Å². The van der Waals surface area contributed by atoms with Crippen molar-refractivity contribution in [3.63, 3.8) is 0 Å². The van der Waals surface area contributed by atoms with Crippen molar-refractivity contribution in [3.05, 3.63) is 276 Å². The van der Waals surface area contributed by atoms with Crippen molar-refractivity contribution < 1.29 is 40.2 Å². The number of rotatable bonds is 17. The smallest absolute Gasteiger partial charge is 0.0160 e. The monoisotopic (exact) mass is 1770 g/mol. The Morgan fingerprint density at radius 3 is 0.735 bits per heavy atom. The summed E-state index contributed by atoms with van der Waals surface area (Å²) < 4.78 is 1.05. The number of nitrogens with zero attached hydrogens (tertiary/aromatic N) is 2. The third kappa shape index (κ3) is 22.1. The van der Waals surface area contributed by atoms with Crippen LogP contribution in [0.4, 0.5) is 0 Å². The molecule has 2 heterocycles. The van der Waals surface area contributed by atoms with Crippen LogP contribution in [0.25, 0.3) is 100 Å². The van der Waals surface area contributed by atoms with E-state index < -0.39 is 0 Å². The fraction of sp³-hybridized carbons (Fsp3) is 0.340. The zero-order chi connectivity index (χ0) is 71.5. The molecule has 9 aromatic carbocycles. The van der Waals surface area contributed by atoms with Gasteiger partial charge in [-0.25, -0.2) is 0 Å². The van der Waals surface area contributed by atoms with Gasteiger partial charge in [-0.05, 0) is 242 Å². The van der Waals surface area contributed by atoms with Crippen LogP contribution in [-0.4, -0.2) is 9.97 Å². The summed E-state index contributed by atoms with van der Waals surface area (Å²) in [5.74, 6) is 0. The van der Waals surface area contributed by atoms with Gasteiger partial charge in [0.25, 0.3) is 0 Å². The molecule has 11 aromatic rings. The second-order valence-corrected chi connectivity index (χ2v) is 36.4. The third-order valence-corrected chi connectivity index (χ3v) is 19.6. The normalized spacial score (nSPS) is 12.3. The minimum atomic E-state index is 0. The molecule has 2 radical (unpaired) electrons. The second kappa shape index (κ2) is 33.0. The van der Waals surface area contributed by atoms with Crippen LogP contribution in [0.2, 0.25) is 0 Å². The van der Waals surface area contributed by atoms with E-state index in [1.165, 1.54) is 77.9 Å². The first-order valence-electron chi connectivity index (χ1n) is 35.8. The molecule has 0 atom stereocenters. The van der Waals surface area contributed by atoms with E-state index in [2.05, 4.69) is 354 Å². The Morgan fingerprint density at radius 1 is 0.265 bits per heavy atom. The zero-order valence-electron chi connectivity index (χ0n) is 63.8. The van der Waals surface area contributed by atoms with Crippen LogP contribution in [-0.2, 0) is 61.9 Å². The minimum Gasteiger partial charge on any atom is -0.305 e. The average Bonchev–Trinajstić information content (AvgIpc) is 0.775. The van der Waals surface area contributed by atoms with E-state index in [9.17, 15) is 0 Å². The van der Waals surface area contributed by atoms with Crippen LogP contribution < -0.4 is 0 Å². The van der Waals surface area contributed by atoms with Crippen LogP contribution in [0, 0.1) is 33.8 Å². The van der Waals surface area contributed by atoms with Crippen molar-refractivity contribution in [2.75, 3.05) is 0 Å². The van der Waals surface area contributed by atoms with Gasteiger partial charge in [-0.1, -0.05) is 288 Å². The van der Waals surface area contributed by atoms with Crippen LogP contribution in [0.5, 0.6) is 0 Å². The van der Waals surface area contributed by atoms with E-state index in [4.69, 9.17) is 4.98 Å². The molecule has 102 heavy (non-hydrogen) atoms. The molecule has 0 unspecified atom stereocenters. The van der Waals surface area contributed by atoms with E-state index in [-0.39, 0.29) is 91.0 Å². The molecule has 2 nitrogen and oxygen atoms in total. The van der Waals surface area contributed by atoms with Gasteiger partial charge in [-0.3, -0.25) is 0 Å². The maximum absolute atomic E-state index is 4.77. The third-order valence-electron chi connectivity index (χ3n) is 19.1. The number of benzene rings is 9. The molecule has 0 bridgehead atoms. The average molecular weight is 1770 g/mol. The largest absolute Gasteiger partial charge is 0.305 e. The molecular weight excluding hydrogens is 1660 g/mol. The molecule has 0 fully saturated rings. The molecule has 536 valence electrons. The first-order chi connectivity index (χ1) is 46.3. The summed E-state index contributed by atoms with van der Waals surface area (Å²) in [5, 5.41) is 0. The molecule has 0 saturated heterocycles. The van der Waals surface area contributed by atoms with E-state index in [1.807, 2.05) is 48.7 Å². The van der Waals surface area contributed by atoms with Crippen LogP contribution >= 0.6 is 15.9 Å². The van der Waals surface area contributed by atoms with Crippen molar-refractivity contribution >= 4 is 15.9 Å². The molecule has 0 saturated carbocycles. The molecule has 11 rings (SSSR count). The van der Waals surface area contributed by atoms with Crippen molar-refractivity contribution in [3.8, 4) is 100 Å². The molecule has 0 amide bonds. The molecule has 5 heteroatoms.